The SMILES string of the molecule is Cc1cnc(-n2nccn2)c(C(=O)N2CCCC(Oc3cnc(C(F)(F)F)cn3)C2C)c1. The number of likely N-dealkylation sites (tertiary alicyclic amines) is 1. The van der Waals surface area contributed by atoms with E-state index >= 15 is 0 Å². The molecule has 3 aromatic heterocycles. The van der Waals surface area contributed by atoms with Gasteiger partial charge >= 0.3 is 6.18 Å². The van der Waals surface area contributed by atoms with Gasteiger partial charge in [-0.05, 0) is 38.3 Å². The fourth-order valence-electron chi connectivity index (χ4n) is 3.59. The molecule has 1 fully saturated rings. The maximum Gasteiger partial charge on any atom is 0.434 e. The van der Waals surface area contributed by atoms with Crippen molar-refractivity contribution < 1.29 is 22.7 Å². The first-order valence-electron chi connectivity index (χ1n) is 9.94. The van der Waals surface area contributed by atoms with E-state index in [1.54, 1.807) is 17.2 Å². The summed E-state index contributed by atoms with van der Waals surface area (Å²) in [5.41, 5.74) is 0.0647. The van der Waals surface area contributed by atoms with E-state index in [-0.39, 0.29) is 17.8 Å². The van der Waals surface area contributed by atoms with E-state index < -0.39 is 18.0 Å². The summed E-state index contributed by atoms with van der Waals surface area (Å²) in [5, 5.41) is 8.14. The zero-order valence-corrected chi connectivity index (χ0v) is 17.3. The average Bonchev–Trinajstić information content (AvgIpc) is 3.29. The van der Waals surface area contributed by atoms with Gasteiger partial charge in [0.05, 0.1) is 36.4 Å². The van der Waals surface area contributed by atoms with E-state index in [0.717, 1.165) is 11.8 Å². The van der Waals surface area contributed by atoms with Crippen LogP contribution in [0.4, 0.5) is 13.2 Å². The number of hydrogen-bond acceptors (Lipinski definition) is 7. The average molecular weight is 447 g/mol. The van der Waals surface area contributed by atoms with Gasteiger partial charge in [0.2, 0.25) is 5.88 Å². The van der Waals surface area contributed by atoms with Gasteiger partial charge in [-0.3, -0.25) is 4.79 Å². The Morgan fingerprint density at radius 1 is 1.12 bits per heavy atom. The molecule has 2 atom stereocenters. The number of alkyl halides is 3. The van der Waals surface area contributed by atoms with Crippen LogP contribution in [0.2, 0.25) is 0 Å². The zero-order chi connectivity index (χ0) is 22.9. The standard InChI is InChI=1S/C20H20F3N7O2/c1-12-8-14(18(26-9-12)30-27-5-6-28-30)19(31)29-7-3-4-15(13(29)2)32-17-11-24-16(10-25-17)20(21,22)23/h5-6,8-11,13,15H,3-4,7H2,1-2H3. The number of piperidine rings is 1. The van der Waals surface area contributed by atoms with Gasteiger partial charge < -0.3 is 9.64 Å². The van der Waals surface area contributed by atoms with Gasteiger partial charge in [-0.1, -0.05) is 0 Å². The molecular weight excluding hydrogens is 427 g/mol. The van der Waals surface area contributed by atoms with Crippen molar-refractivity contribution in [2.24, 2.45) is 0 Å². The molecule has 0 bridgehead atoms. The molecule has 9 nitrogen and oxygen atoms in total. The lowest BCUT2D eigenvalue weighted by Crippen LogP contribution is -2.51. The first kappa shape index (κ1) is 21.7. The molecule has 0 saturated carbocycles. The zero-order valence-electron chi connectivity index (χ0n) is 17.3. The number of hydrogen-bond donors (Lipinski definition) is 0. The van der Waals surface area contributed by atoms with Crippen LogP contribution in [-0.4, -0.2) is 59.4 Å². The smallest absolute Gasteiger partial charge is 0.434 e. The van der Waals surface area contributed by atoms with Crippen molar-refractivity contribution in [3.05, 3.63) is 53.9 Å². The van der Waals surface area contributed by atoms with Gasteiger partial charge in [-0.25, -0.2) is 15.0 Å². The van der Waals surface area contributed by atoms with Crippen LogP contribution in [-0.2, 0) is 6.18 Å². The highest BCUT2D eigenvalue weighted by Gasteiger charge is 2.36. The summed E-state index contributed by atoms with van der Waals surface area (Å²) in [6, 6.07) is 1.37. The molecule has 12 heteroatoms. The minimum absolute atomic E-state index is 0.0252. The largest absolute Gasteiger partial charge is 0.471 e. The third kappa shape index (κ3) is 4.39. The van der Waals surface area contributed by atoms with Gasteiger partial charge in [0.25, 0.3) is 5.91 Å². The molecule has 0 radical (unpaired) electrons. The van der Waals surface area contributed by atoms with Crippen LogP contribution in [0.1, 0.15) is 41.4 Å². The van der Waals surface area contributed by atoms with Crippen LogP contribution < -0.4 is 4.74 Å². The Balaban J connectivity index is 1.54. The fraction of sp³-hybridized carbons (Fsp3) is 0.400. The second-order valence-corrected chi connectivity index (χ2v) is 7.48. The second-order valence-electron chi connectivity index (χ2n) is 7.48. The number of carbonyl (C=O) groups excluding carboxylic acids is 1. The van der Waals surface area contributed by atoms with E-state index in [9.17, 15) is 18.0 Å². The molecule has 1 aliphatic rings. The van der Waals surface area contributed by atoms with Crippen molar-refractivity contribution in [1.82, 2.24) is 34.8 Å². The molecular formula is C20H20F3N7O2. The number of pyridine rings is 1. The highest BCUT2D eigenvalue weighted by Crippen LogP contribution is 2.29. The molecule has 4 heterocycles. The lowest BCUT2D eigenvalue weighted by atomic mass is 9.98. The Labute approximate surface area is 181 Å². The normalized spacial score (nSPS) is 19.1. The first-order chi connectivity index (χ1) is 15.2. The second kappa shape index (κ2) is 8.52. The molecule has 168 valence electrons. The first-order valence-corrected chi connectivity index (χ1v) is 9.94. The summed E-state index contributed by atoms with van der Waals surface area (Å²) in [4.78, 5) is 27.8. The summed E-state index contributed by atoms with van der Waals surface area (Å²) in [6.45, 7) is 4.16. The topological polar surface area (TPSA) is 98.9 Å². The highest BCUT2D eigenvalue weighted by atomic mass is 19.4. The molecule has 3 aromatic rings. The molecule has 2 unspecified atom stereocenters. The van der Waals surface area contributed by atoms with Crippen molar-refractivity contribution in [3.63, 3.8) is 0 Å². The number of ether oxygens (including phenoxy) is 1. The van der Waals surface area contributed by atoms with Crippen LogP contribution in [0.15, 0.2) is 37.1 Å². The van der Waals surface area contributed by atoms with E-state index in [1.165, 1.54) is 17.2 Å². The summed E-state index contributed by atoms with van der Waals surface area (Å²) < 4.78 is 43.9. The predicted molar refractivity (Wildman–Crippen MR) is 105 cm³/mol. The number of nitrogens with zero attached hydrogens (tertiary/aromatic N) is 7. The lowest BCUT2D eigenvalue weighted by molar-refractivity contribution is -0.141. The molecule has 1 aliphatic heterocycles. The molecule has 0 aromatic carbocycles. The Morgan fingerprint density at radius 2 is 1.88 bits per heavy atom. The van der Waals surface area contributed by atoms with Crippen molar-refractivity contribution in [3.8, 4) is 11.7 Å². The van der Waals surface area contributed by atoms with Crippen LogP contribution in [0, 0.1) is 6.92 Å². The highest BCUT2D eigenvalue weighted by molar-refractivity contribution is 5.97. The Bertz CT molecular complexity index is 1090. The monoisotopic (exact) mass is 447 g/mol. The quantitative estimate of drug-likeness (QED) is 0.606. The van der Waals surface area contributed by atoms with Crippen LogP contribution in [0.25, 0.3) is 5.82 Å². The number of amides is 1. The Hall–Kier alpha value is -3.57. The van der Waals surface area contributed by atoms with E-state index in [0.29, 0.717) is 37.0 Å². The van der Waals surface area contributed by atoms with Crippen molar-refractivity contribution >= 4 is 5.91 Å². The summed E-state index contributed by atoms with van der Waals surface area (Å²) >= 11 is 0. The summed E-state index contributed by atoms with van der Waals surface area (Å²) in [5.74, 6) is 0.0325. The summed E-state index contributed by atoms with van der Waals surface area (Å²) in [6.07, 6.45) is 2.44. The van der Waals surface area contributed by atoms with Crippen molar-refractivity contribution in [2.45, 2.75) is 45.0 Å². The van der Waals surface area contributed by atoms with Crippen LogP contribution in [0.3, 0.4) is 0 Å². The van der Waals surface area contributed by atoms with E-state index in [2.05, 4.69) is 25.1 Å². The molecule has 4 rings (SSSR count). The number of rotatable bonds is 4. The van der Waals surface area contributed by atoms with Crippen LogP contribution in [0.5, 0.6) is 5.88 Å². The Morgan fingerprint density at radius 3 is 2.53 bits per heavy atom. The molecule has 0 spiro atoms. The maximum absolute atomic E-state index is 13.4. The van der Waals surface area contributed by atoms with E-state index in [4.69, 9.17) is 4.74 Å². The number of halogens is 3. The van der Waals surface area contributed by atoms with Gasteiger partial charge in [-0.2, -0.15) is 23.4 Å². The molecule has 0 N–H and O–H groups in total. The lowest BCUT2D eigenvalue weighted by Gasteiger charge is -2.39. The number of aryl methyl sites for hydroxylation is 1. The van der Waals surface area contributed by atoms with Crippen molar-refractivity contribution in [2.75, 3.05) is 6.54 Å². The number of aromatic nitrogens is 6. The van der Waals surface area contributed by atoms with Gasteiger partial charge in [0.1, 0.15) is 6.10 Å². The maximum atomic E-state index is 13.4. The number of carbonyl (C=O) groups is 1. The van der Waals surface area contributed by atoms with Crippen molar-refractivity contribution in [1.29, 1.82) is 0 Å². The van der Waals surface area contributed by atoms with Gasteiger partial charge in [0, 0.05) is 12.7 Å². The van der Waals surface area contributed by atoms with Gasteiger partial charge in [-0.15, -0.1) is 4.80 Å². The predicted octanol–water partition coefficient (Wildman–Crippen LogP) is 2.85. The fourth-order valence-corrected chi connectivity index (χ4v) is 3.59. The third-order valence-electron chi connectivity index (χ3n) is 5.21. The summed E-state index contributed by atoms with van der Waals surface area (Å²) in [7, 11) is 0. The molecule has 1 amide bonds. The minimum Gasteiger partial charge on any atom is -0.471 e. The Kier molecular flexibility index (Phi) is 5.76. The van der Waals surface area contributed by atoms with Crippen LogP contribution >= 0.6 is 0 Å². The molecule has 0 aliphatic carbocycles. The van der Waals surface area contributed by atoms with Gasteiger partial charge in [0.15, 0.2) is 11.5 Å². The molecule has 1 saturated heterocycles. The molecule has 32 heavy (non-hydrogen) atoms. The van der Waals surface area contributed by atoms with E-state index in [1.807, 2.05) is 13.8 Å². The third-order valence-corrected chi connectivity index (χ3v) is 5.21. The minimum atomic E-state index is -4.57.